The fraction of sp³-hybridized carbons (Fsp3) is 0.400. The summed E-state index contributed by atoms with van der Waals surface area (Å²) in [6, 6.07) is 3.16. The highest BCUT2D eigenvalue weighted by atomic mass is 79.9. The summed E-state index contributed by atoms with van der Waals surface area (Å²) in [5, 5.41) is 0. The molecule has 0 spiro atoms. The fourth-order valence-electron chi connectivity index (χ4n) is 1.27. The maximum atomic E-state index is 12.6. The zero-order valence-electron chi connectivity index (χ0n) is 8.64. The molecule has 0 aromatic heterocycles. The van der Waals surface area contributed by atoms with Crippen LogP contribution in [0.4, 0.5) is 8.78 Å². The van der Waals surface area contributed by atoms with Crippen LogP contribution in [0.25, 0.3) is 0 Å². The number of hydrogen-bond acceptors (Lipinski definition) is 2. The average Bonchev–Trinajstić information content (AvgIpc) is 2.27. The minimum atomic E-state index is -2.51. The molecule has 6 heteroatoms. The van der Waals surface area contributed by atoms with Crippen molar-refractivity contribution in [1.29, 1.82) is 0 Å². The Kier molecular flexibility index (Phi) is 4.98. The number of methoxy groups -OCH3 is 2. The van der Waals surface area contributed by atoms with Crippen molar-refractivity contribution >= 4 is 31.9 Å². The van der Waals surface area contributed by atoms with Crippen LogP contribution in [0.15, 0.2) is 16.6 Å². The molecule has 90 valence electrons. The Bertz CT molecular complexity index is 372. The molecule has 1 unspecified atom stereocenters. The van der Waals surface area contributed by atoms with Crippen molar-refractivity contribution in [3.8, 4) is 11.5 Å². The largest absolute Gasteiger partial charge is 0.495 e. The predicted molar refractivity (Wildman–Crippen MR) is 64.9 cm³/mol. The number of alkyl halides is 3. The summed E-state index contributed by atoms with van der Waals surface area (Å²) in [5.74, 6) is 0.885. The molecule has 1 rings (SSSR count). The van der Waals surface area contributed by atoms with Crippen molar-refractivity contribution in [1.82, 2.24) is 0 Å². The van der Waals surface area contributed by atoms with Crippen molar-refractivity contribution in [3.05, 3.63) is 22.2 Å². The molecule has 1 aromatic carbocycles. The molecular weight excluding hydrogens is 350 g/mol. The number of halogens is 4. The molecule has 0 aliphatic heterocycles. The van der Waals surface area contributed by atoms with Gasteiger partial charge in [0.15, 0.2) is 0 Å². The Morgan fingerprint density at radius 1 is 1.19 bits per heavy atom. The first-order valence-electron chi connectivity index (χ1n) is 4.35. The quantitative estimate of drug-likeness (QED) is 0.751. The molecule has 0 N–H and O–H groups in total. The second-order valence-electron chi connectivity index (χ2n) is 2.94. The van der Waals surface area contributed by atoms with Gasteiger partial charge in [-0.1, -0.05) is 22.0 Å². The molecule has 16 heavy (non-hydrogen) atoms. The Labute approximate surface area is 109 Å². The van der Waals surface area contributed by atoms with E-state index in [1.54, 1.807) is 12.1 Å². The smallest absolute Gasteiger partial charge is 0.255 e. The molecule has 0 saturated heterocycles. The van der Waals surface area contributed by atoms with Gasteiger partial charge in [-0.2, -0.15) is 0 Å². The van der Waals surface area contributed by atoms with Crippen LogP contribution in [0.2, 0.25) is 0 Å². The molecule has 0 fully saturated rings. The Balaban J connectivity index is 3.25. The first kappa shape index (κ1) is 13.7. The molecule has 1 aromatic rings. The monoisotopic (exact) mass is 358 g/mol. The van der Waals surface area contributed by atoms with E-state index in [-0.39, 0.29) is 0 Å². The van der Waals surface area contributed by atoms with Gasteiger partial charge in [-0.3, -0.25) is 0 Å². The highest BCUT2D eigenvalue weighted by molar-refractivity contribution is 9.10. The molecule has 0 saturated carbocycles. The van der Waals surface area contributed by atoms with Crippen LogP contribution in [0.3, 0.4) is 0 Å². The summed E-state index contributed by atoms with van der Waals surface area (Å²) < 4.78 is 35.9. The lowest BCUT2D eigenvalue weighted by Crippen LogP contribution is -2.04. The molecular formula is C10H10Br2F2O2. The Morgan fingerprint density at radius 3 is 2.25 bits per heavy atom. The van der Waals surface area contributed by atoms with Gasteiger partial charge < -0.3 is 9.47 Å². The SMILES string of the molecule is COc1ccc(C(Br)C(F)F)c(OC)c1Br. The van der Waals surface area contributed by atoms with Crippen LogP contribution in [0.1, 0.15) is 10.4 Å². The van der Waals surface area contributed by atoms with Gasteiger partial charge in [0.2, 0.25) is 0 Å². The van der Waals surface area contributed by atoms with Crippen LogP contribution in [0, 0.1) is 0 Å². The fourth-order valence-corrected chi connectivity index (χ4v) is 2.32. The molecule has 0 bridgehead atoms. The van der Waals surface area contributed by atoms with Crippen molar-refractivity contribution in [3.63, 3.8) is 0 Å². The first-order chi connectivity index (χ1) is 7.52. The second-order valence-corrected chi connectivity index (χ2v) is 4.72. The van der Waals surface area contributed by atoms with Crippen molar-refractivity contribution in [2.45, 2.75) is 11.3 Å². The number of benzene rings is 1. The maximum Gasteiger partial charge on any atom is 0.255 e. The minimum absolute atomic E-state index is 0.349. The van der Waals surface area contributed by atoms with Gasteiger partial charge in [0.05, 0.1) is 14.2 Å². The lowest BCUT2D eigenvalue weighted by molar-refractivity contribution is 0.146. The Morgan fingerprint density at radius 2 is 1.81 bits per heavy atom. The lowest BCUT2D eigenvalue weighted by Gasteiger charge is -2.16. The van der Waals surface area contributed by atoms with Crippen molar-refractivity contribution < 1.29 is 18.3 Å². The molecule has 2 nitrogen and oxygen atoms in total. The standard InChI is InChI=1S/C10H10Br2F2O2/c1-15-6-4-3-5(7(11)10(13)14)9(16-2)8(6)12/h3-4,7,10H,1-2H3. The highest BCUT2D eigenvalue weighted by Crippen LogP contribution is 2.43. The summed E-state index contributed by atoms with van der Waals surface area (Å²) in [5.41, 5.74) is 0.380. The number of hydrogen-bond donors (Lipinski definition) is 0. The van der Waals surface area contributed by atoms with E-state index < -0.39 is 11.3 Å². The summed E-state index contributed by atoms with van der Waals surface area (Å²) in [4.78, 5) is -1.07. The number of ether oxygens (including phenoxy) is 2. The van der Waals surface area contributed by atoms with Crippen LogP contribution < -0.4 is 9.47 Å². The normalized spacial score (nSPS) is 12.7. The minimum Gasteiger partial charge on any atom is -0.495 e. The van der Waals surface area contributed by atoms with Crippen LogP contribution >= 0.6 is 31.9 Å². The number of rotatable bonds is 4. The second kappa shape index (κ2) is 5.82. The van der Waals surface area contributed by atoms with Crippen LogP contribution in [-0.4, -0.2) is 20.6 Å². The average molecular weight is 360 g/mol. The van der Waals surface area contributed by atoms with Crippen molar-refractivity contribution in [2.75, 3.05) is 14.2 Å². The first-order valence-corrected chi connectivity index (χ1v) is 6.06. The van der Waals surface area contributed by atoms with E-state index in [4.69, 9.17) is 9.47 Å². The topological polar surface area (TPSA) is 18.5 Å². The molecule has 0 aliphatic rings. The predicted octanol–water partition coefficient (Wildman–Crippen LogP) is 4.17. The van der Waals surface area contributed by atoms with E-state index in [1.807, 2.05) is 0 Å². The zero-order chi connectivity index (χ0) is 12.3. The zero-order valence-corrected chi connectivity index (χ0v) is 11.8. The summed E-state index contributed by atoms with van der Waals surface area (Å²) in [6.07, 6.45) is -2.51. The van der Waals surface area contributed by atoms with Crippen LogP contribution in [0.5, 0.6) is 11.5 Å². The molecule has 1 atom stereocenters. The molecule has 0 heterocycles. The molecule has 0 aliphatic carbocycles. The van der Waals surface area contributed by atoms with Gasteiger partial charge in [-0.15, -0.1) is 0 Å². The maximum absolute atomic E-state index is 12.6. The highest BCUT2D eigenvalue weighted by Gasteiger charge is 2.25. The van der Waals surface area contributed by atoms with E-state index in [1.165, 1.54) is 14.2 Å². The summed E-state index contributed by atoms with van der Waals surface area (Å²) in [6.45, 7) is 0. The molecule has 0 amide bonds. The van der Waals surface area contributed by atoms with E-state index in [0.29, 0.717) is 21.5 Å². The third kappa shape index (κ3) is 2.66. The summed E-state index contributed by atoms with van der Waals surface area (Å²) >= 11 is 6.19. The third-order valence-electron chi connectivity index (χ3n) is 2.03. The summed E-state index contributed by atoms with van der Waals surface area (Å²) in [7, 11) is 2.92. The van der Waals surface area contributed by atoms with Gasteiger partial charge in [0, 0.05) is 5.56 Å². The van der Waals surface area contributed by atoms with E-state index in [9.17, 15) is 8.78 Å². The van der Waals surface area contributed by atoms with Gasteiger partial charge >= 0.3 is 0 Å². The van der Waals surface area contributed by atoms with Gasteiger partial charge in [-0.25, -0.2) is 8.78 Å². The Hall–Kier alpha value is -0.360. The van der Waals surface area contributed by atoms with E-state index >= 15 is 0 Å². The van der Waals surface area contributed by atoms with Crippen LogP contribution in [-0.2, 0) is 0 Å². The lowest BCUT2D eigenvalue weighted by atomic mass is 10.1. The van der Waals surface area contributed by atoms with Gasteiger partial charge in [-0.05, 0) is 22.0 Å². The molecule has 0 radical (unpaired) electrons. The van der Waals surface area contributed by atoms with Crippen molar-refractivity contribution in [2.24, 2.45) is 0 Å². The van der Waals surface area contributed by atoms with E-state index in [0.717, 1.165) is 0 Å². The van der Waals surface area contributed by atoms with E-state index in [2.05, 4.69) is 31.9 Å². The van der Waals surface area contributed by atoms with Gasteiger partial charge in [0.25, 0.3) is 6.43 Å². The van der Waals surface area contributed by atoms with Gasteiger partial charge in [0.1, 0.15) is 20.8 Å². The third-order valence-corrected chi connectivity index (χ3v) is 3.68.